The second kappa shape index (κ2) is 4.91. The van der Waals surface area contributed by atoms with Gasteiger partial charge >= 0.3 is 0 Å². The van der Waals surface area contributed by atoms with Crippen LogP contribution in [0, 0.1) is 5.51 Å². The van der Waals surface area contributed by atoms with Crippen LogP contribution in [0.3, 0.4) is 0 Å². The lowest BCUT2D eigenvalue weighted by Crippen LogP contribution is -1.89. The van der Waals surface area contributed by atoms with Gasteiger partial charge in [0, 0.05) is 5.38 Å². The number of nitrogens with zero attached hydrogens (tertiary/aromatic N) is 1. The Morgan fingerprint density at radius 1 is 1.14 bits per heavy atom. The molecule has 0 N–H and O–H groups in total. The van der Waals surface area contributed by atoms with E-state index in [1.165, 1.54) is 17.7 Å². The van der Waals surface area contributed by atoms with Crippen molar-refractivity contribution in [2.45, 2.75) is 19.3 Å². The largest absolute Gasteiger partial charge is 0.239 e. The van der Waals surface area contributed by atoms with E-state index in [0.717, 1.165) is 12.8 Å². The van der Waals surface area contributed by atoms with Crippen molar-refractivity contribution in [2.24, 2.45) is 0 Å². The molecule has 0 saturated heterocycles. The van der Waals surface area contributed by atoms with Crippen LogP contribution >= 0.6 is 11.3 Å². The summed E-state index contributed by atoms with van der Waals surface area (Å²) in [6, 6.07) is 10.6. The predicted molar refractivity (Wildman–Crippen MR) is 59.4 cm³/mol. The van der Waals surface area contributed by atoms with Crippen molar-refractivity contribution >= 4 is 11.3 Å². The van der Waals surface area contributed by atoms with Crippen molar-refractivity contribution in [3.05, 3.63) is 52.5 Å². The molecule has 0 aliphatic rings. The van der Waals surface area contributed by atoms with Crippen LogP contribution in [0.15, 0.2) is 35.7 Å². The molecule has 0 unspecified atom stereocenters. The fraction of sp³-hybridized carbons (Fsp3) is 0.250. The average Bonchev–Trinajstić information content (AvgIpc) is 2.72. The van der Waals surface area contributed by atoms with Gasteiger partial charge in [-0.1, -0.05) is 30.3 Å². The van der Waals surface area contributed by atoms with Gasteiger partial charge in [-0.05, 0) is 24.8 Å². The van der Waals surface area contributed by atoms with Crippen LogP contribution in [0.2, 0.25) is 0 Å². The van der Waals surface area contributed by atoms with Gasteiger partial charge in [-0.15, -0.1) is 11.3 Å². The monoisotopic (exact) mass is 202 g/mol. The third-order valence-electron chi connectivity index (χ3n) is 2.18. The minimum Gasteiger partial charge on any atom is -0.239 e. The number of rotatable bonds is 4. The fourth-order valence-corrected chi connectivity index (χ4v) is 1.97. The minimum atomic E-state index is 1.06. The van der Waals surface area contributed by atoms with E-state index in [0.29, 0.717) is 0 Å². The molecule has 0 atom stereocenters. The Morgan fingerprint density at radius 2 is 2.00 bits per heavy atom. The van der Waals surface area contributed by atoms with Gasteiger partial charge < -0.3 is 0 Å². The lowest BCUT2D eigenvalue weighted by Gasteiger charge is -1.98. The normalized spacial score (nSPS) is 10.3. The molecule has 0 aliphatic carbocycles. The van der Waals surface area contributed by atoms with Crippen LogP contribution < -0.4 is 0 Å². The summed E-state index contributed by atoms with van der Waals surface area (Å²) < 4.78 is 0. The molecule has 0 amide bonds. The molecule has 71 valence electrons. The Kier molecular flexibility index (Phi) is 3.30. The molecule has 1 radical (unpaired) electrons. The van der Waals surface area contributed by atoms with Gasteiger partial charge in [0.2, 0.25) is 0 Å². The molecule has 0 aliphatic heterocycles. The number of benzene rings is 1. The smallest absolute Gasteiger partial charge is 0.152 e. The molecular formula is C12H12NS. The molecule has 2 heteroatoms. The molecule has 2 rings (SSSR count). The first-order chi connectivity index (χ1) is 6.95. The van der Waals surface area contributed by atoms with Gasteiger partial charge in [-0.25, -0.2) is 4.98 Å². The molecule has 2 aromatic rings. The number of hydrogen-bond acceptors (Lipinski definition) is 2. The molecule has 1 aromatic heterocycles. The minimum absolute atomic E-state index is 1.06. The van der Waals surface area contributed by atoms with E-state index in [1.807, 2.05) is 0 Å². The fourth-order valence-electron chi connectivity index (χ4n) is 1.44. The van der Waals surface area contributed by atoms with Crippen LogP contribution in [-0.2, 0) is 12.8 Å². The molecule has 0 fully saturated rings. The zero-order valence-electron chi connectivity index (χ0n) is 7.94. The first kappa shape index (κ1) is 9.41. The SMILES string of the molecule is [c]1nc(CCCc2ccccc2)cs1. The zero-order chi connectivity index (χ0) is 9.64. The van der Waals surface area contributed by atoms with Crippen molar-refractivity contribution in [1.29, 1.82) is 0 Å². The lowest BCUT2D eigenvalue weighted by atomic mass is 10.1. The summed E-state index contributed by atoms with van der Waals surface area (Å²) in [7, 11) is 0. The third-order valence-corrected chi connectivity index (χ3v) is 2.76. The molecule has 0 saturated carbocycles. The second-order valence-electron chi connectivity index (χ2n) is 3.27. The first-order valence-electron chi connectivity index (χ1n) is 4.79. The summed E-state index contributed by atoms with van der Waals surface area (Å²) in [6.45, 7) is 0. The van der Waals surface area contributed by atoms with Crippen LogP contribution in [0.25, 0.3) is 0 Å². The van der Waals surface area contributed by atoms with E-state index >= 15 is 0 Å². The Labute approximate surface area is 88.4 Å². The van der Waals surface area contributed by atoms with Crippen molar-refractivity contribution in [1.82, 2.24) is 4.98 Å². The summed E-state index contributed by atoms with van der Waals surface area (Å²) in [5.74, 6) is 0. The maximum Gasteiger partial charge on any atom is 0.152 e. The number of aryl methyl sites for hydroxylation is 2. The Balaban J connectivity index is 1.79. The van der Waals surface area contributed by atoms with Gasteiger partial charge in [-0.2, -0.15) is 0 Å². The summed E-state index contributed by atoms with van der Waals surface area (Å²) >= 11 is 1.55. The molecule has 1 heterocycles. The van der Waals surface area contributed by atoms with E-state index < -0.39 is 0 Å². The highest BCUT2D eigenvalue weighted by molar-refractivity contribution is 7.07. The van der Waals surface area contributed by atoms with Crippen LogP contribution in [-0.4, -0.2) is 4.98 Å². The van der Waals surface area contributed by atoms with E-state index in [1.54, 1.807) is 11.3 Å². The lowest BCUT2D eigenvalue weighted by molar-refractivity contribution is 0.804. The van der Waals surface area contributed by atoms with Gasteiger partial charge in [0.25, 0.3) is 0 Å². The Morgan fingerprint density at radius 3 is 2.71 bits per heavy atom. The van der Waals surface area contributed by atoms with Gasteiger partial charge in [0.15, 0.2) is 5.51 Å². The molecule has 1 nitrogen and oxygen atoms in total. The average molecular weight is 202 g/mol. The maximum atomic E-state index is 4.14. The standard InChI is InChI=1S/C12H12NS/c1-2-5-11(6-3-1)7-4-8-12-9-14-10-13-12/h1-3,5-6,9H,4,7-8H2. The summed E-state index contributed by atoms with van der Waals surface area (Å²) in [5, 5.41) is 2.07. The third kappa shape index (κ3) is 2.67. The number of hydrogen-bond donors (Lipinski definition) is 0. The molecule has 14 heavy (non-hydrogen) atoms. The Hall–Kier alpha value is -1.15. The van der Waals surface area contributed by atoms with Crippen molar-refractivity contribution in [2.75, 3.05) is 0 Å². The second-order valence-corrected chi connectivity index (χ2v) is 3.92. The number of thiazole rings is 1. The van der Waals surface area contributed by atoms with E-state index in [4.69, 9.17) is 0 Å². The van der Waals surface area contributed by atoms with Crippen molar-refractivity contribution in [3.63, 3.8) is 0 Å². The summed E-state index contributed by atoms with van der Waals surface area (Å²) in [4.78, 5) is 4.14. The molecular weight excluding hydrogens is 190 g/mol. The van der Waals surface area contributed by atoms with Crippen LogP contribution in [0.5, 0.6) is 0 Å². The first-order valence-corrected chi connectivity index (χ1v) is 5.67. The highest BCUT2D eigenvalue weighted by Gasteiger charge is 1.96. The molecule has 1 aromatic carbocycles. The van der Waals surface area contributed by atoms with Crippen molar-refractivity contribution in [3.8, 4) is 0 Å². The van der Waals surface area contributed by atoms with Crippen LogP contribution in [0.4, 0.5) is 0 Å². The summed E-state index contributed by atoms with van der Waals surface area (Å²) in [6.07, 6.45) is 3.37. The maximum absolute atomic E-state index is 4.14. The van der Waals surface area contributed by atoms with E-state index in [9.17, 15) is 0 Å². The zero-order valence-corrected chi connectivity index (χ0v) is 8.76. The Bertz CT molecular complexity index is 353. The topological polar surface area (TPSA) is 12.9 Å². The van der Waals surface area contributed by atoms with Gasteiger partial charge in [0.05, 0.1) is 5.69 Å². The quantitative estimate of drug-likeness (QED) is 0.742. The summed E-state index contributed by atoms with van der Waals surface area (Å²) in [5.41, 5.74) is 5.45. The molecule has 0 spiro atoms. The van der Waals surface area contributed by atoms with Crippen LogP contribution in [0.1, 0.15) is 17.7 Å². The van der Waals surface area contributed by atoms with Crippen molar-refractivity contribution < 1.29 is 0 Å². The van der Waals surface area contributed by atoms with Gasteiger partial charge in [0.1, 0.15) is 0 Å². The van der Waals surface area contributed by atoms with E-state index in [2.05, 4.69) is 46.2 Å². The highest BCUT2D eigenvalue weighted by atomic mass is 32.1. The predicted octanol–water partition coefficient (Wildman–Crippen LogP) is 3.12. The highest BCUT2D eigenvalue weighted by Crippen LogP contribution is 2.07. The molecule has 0 bridgehead atoms. The number of aromatic nitrogens is 1. The van der Waals surface area contributed by atoms with Gasteiger partial charge in [-0.3, -0.25) is 0 Å². The van der Waals surface area contributed by atoms with E-state index in [-0.39, 0.29) is 0 Å².